The third kappa shape index (κ3) is 1.97. The Labute approximate surface area is 100 Å². The summed E-state index contributed by atoms with van der Waals surface area (Å²) in [6.45, 7) is 3.27. The van der Waals surface area contributed by atoms with Gasteiger partial charge in [0.1, 0.15) is 5.82 Å². The molecule has 0 atom stereocenters. The van der Waals surface area contributed by atoms with Crippen LogP contribution in [-0.4, -0.2) is 17.8 Å². The third-order valence-corrected chi connectivity index (χ3v) is 3.58. The Morgan fingerprint density at radius 3 is 2.41 bits per heavy atom. The van der Waals surface area contributed by atoms with Gasteiger partial charge in [0.2, 0.25) is 0 Å². The second kappa shape index (κ2) is 3.88. The van der Waals surface area contributed by atoms with Gasteiger partial charge >= 0.3 is 0 Å². The molecule has 0 radical (unpaired) electrons. The molecule has 2 rings (SSSR count). The predicted molar refractivity (Wildman–Crippen MR) is 63.9 cm³/mol. The van der Waals surface area contributed by atoms with Crippen molar-refractivity contribution < 1.29 is 14.2 Å². The van der Waals surface area contributed by atoms with Crippen molar-refractivity contribution in [1.82, 2.24) is 0 Å². The van der Waals surface area contributed by atoms with E-state index in [1.807, 2.05) is 0 Å². The Hall–Kier alpha value is -1.29. The number of nitrogens with two attached hydrogens (primary N) is 1. The van der Waals surface area contributed by atoms with Crippen LogP contribution in [0.5, 0.6) is 11.5 Å². The fourth-order valence-corrected chi connectivity index (χ4v) is 2.16. The number of hydrogen-bond donors (Lipinski definition) is 2. The van der Waals surface area contributed by atoms with Gasteiger partial charge in [-0.25, -0.2) is 4.39 Å². The molecule has 1 fully saturated rings. The first kappa shape index (κ1) is 12.2. The lowest BCUT2D eigenvalue weighted by Gasteiger charge is -2.18. The number of hydrogen-bond acceptors (Lipinski definition) is 3. The van der Waals surface area contributed by atoms with Crippen LogP contribution in [0.2, 0.25) is 0 Å². The van der Waals surface area contributed by atoms with Crippen LogP contribution in [0.15, 0.2) is 0 Å². The Morgan fingerprint density at radius 2 is 1.94 bits per heavy atom. The molecule has 0 saturated heterocycles. The smallest absolute Gasteiger partial charge is 0.166 e. The van der Waals surface area contributed by atoms with Gasteiger partial charge in [0, 0.05) is 16.7 Å². The van der Waals surface area contributed by atoms with Crippen molar-refractivity contribution >= 4 is 0 Å². The number of ether oxygens (including phenoxy) is 1. The van der Waals surface area contributed by atoms with Gasteiger partial charge in [-0.3, -0.25) is 0 Å². The molecule has 1 saturated carbocycles. The predicted octanol–water partition coefficient (Wildman–Crippen LogP) is 2.19. The topological polar surface area (TPSA) is 55.5 Å². The van der Waals surface area contributed by atoms with Crippen molar-refractivity contribution in [2.75, 3.05) is 7.11 Å². The van der Waals surface area contributed by atoms with Crippen LogP contribution in [0.4, 0.5) is 4.39 Å². The van der Waals surface area contributed by atoms with E-state index in [1.54, 1.807) is 13.8 Å². The van der Waals surface area contributed by atoms with E-state index in [4.69, 9.17) is 10.5 Å². The minimum Gasteiger partial charge on any atom is -0.504 e. The van der Waals surface area contributed by atoms with Gasteiger partial charge in [-0.2, -0.15) is 0 Å². The first-order valence-corrected chi connectivity index (χ1v) is 5.73. The molecule has 94 valence electrons. The van der Waals surface area contributed by atoms with E-state index >= 15 is 0 Å². The van der Waals surface area contributed by atoms with Gasteiger partial charge in [0.25, 0.3) is 0 Å². The molecular weight excluding hydrogens is 221 g/mol. The maximum Gasteiger partial charge on any atom is 0.166 e. The van der Waals surface area contributed by atoms with Gasteiger partial charge in [-0.05, 0) is 38.7 Å². The highest BCUT2D eigenvalue weighted by atomic mass is 19.1. The molecular formula is C13H18FNO2. The van der Waals surface area contributed by atoms with Crippen molar-refractivity contribution in [2.24, 2.45) is 5.73 Å². The van der Waals surface area contributed by atoms with Crippen molar-refractivity contribution in [3.05, 3.63) is 22.5 Å². The van der Waals surface area contributed by atoms with Gasteiger partial charge in [-0.1, -0.05) is 0 Å². The average Bonchev–Trinajstić information content (AvgIpc) is 3.01. The lowest BCUT2D eigenvalue weighted by atomic mass is 9.95. The average molecular weight is 239 g/mol. The monoisotopic (exact) mass is 239 g/mol. The molecule has 3 nitrogen and oxygen atoms in total. The van der Waals surface area contributed by atoms with E-state index in [1.165, 1.54) is 7.11 Å². The van der Waals surface area contributed by atoms with E-state index in [9.17, 15) is 9.50 Å². The van der Waals surface area contributed by atoms with E-state index < -0.39 is 0 Å². The van der Waals surface area contributed by atoms with E-state index in [-0.39, 0.29) is 22.9 Å². The number of benzene rings is 1. The number of phenolic OH excluding ortho intramolecular Hbond substituents is 1. The SMILES string of the molecule is COc1c(C)c(F)c(C)c(CC2(N)CC2)c1O. The zero-order chi connectivity index (χ0) is 12.8. The summed E-state index contributed by atoms with van der Waals surface area (Å²) < 4.78 is 19.0. The first-order valence-electron chi connectivity index (χ1n) is 5.73. The summed E-state index contributed by atoms with van der Waals surface area (Å²) in [6.07, 6.45) is 2.34. The first-order chi connectivity index (χ1) is 7.89. The summed E-state index contributed by atoms with van der Waals surface area (Å²) in [5.74, 6) is -0.0770. The van der Waals surface area contributed by atoms with Crippen LogP contribution >= 0.6 is 0 Å². The summed E-state index contributed by atoms with van der Waals surface area (Å²) in [7, 11) is 1.43. The van der Waals surface area contributed by atoms with Crippen molar-refractivity contribution in [3.8, 4) is 11.5 Å². The molecule has 1 aromatic rings. The molecule has 1 aliphatic rings. The normalized spacial score (nSPS) is 17.0. The zero-order valence-corrected chi connectivity index (χ0v) is 10.4. The third-order valence-electron chi connectivity index (χ3n) is 3.58. The lowest BCUT2D eigenvalue weighted by Crippen LogP contribution is -2.25. The van der Waals surface area contributed by atoms with E-state index in [2.05, 4.69) is 0 Å². The number of rotatable bonds is 3. The highest BCUT2D eigenvalue weighted by Crippen LogP contribution is 2.43. The maximum absolute atomic E-state index is 14.0. The Bertz CT molecular complexity index is 467. The van der Waals surface area contributed by atoms with Crippen LogP contribution in [0.25, 0.3) is 0 Å². The summed E-state index contributed by atoms with van der Waals surface area (Å²) >= 11 is 0. The molecule has 0 amide bonds. The van der Waals surface area contributed by atoms with Gasteiger partial charge in [0.15, 0.2) is 11.5 Å². The fourth-order valence-electron chi connectivity index (χ4n) is 2.16. The quantitative estimate of drug-likeness (QED) is 0.850. The van der Waals surface area contributed by atoms with Crippen LogP contribution < -0.4 is 10.5 Å². The number of methoxy groups -OCH3 is 1. The van der Waals surface area contributed by atoms with Gasteiger partial charge < -0.3 is 15.6 Å². The zero-order valence-electron chi connectivity index (χ0n) is 10.4. The van der Waals surface area contributed by atoms with Gasteiger partial charge in [0.05, 0.1) is 7.11 Å². The molecule has 1 aromatic carbocycles. The minimum absolute atomic E-state index is 0.0284. The Morgan fingerprint density at radius 1 is 1.35 bits per heavy atom. The fraction of sp³-hybridized carbons (Fsp3) is 0.538. The highest BCUT2D eigenvalue weighted by Gasteiger charge is 2.40. The second-order valence-corrected chi connectivity index (χ2v) is 4.96. The molecule has 0 heterocycles. The largest absolute Gasteiger partial charge is 0.504 e. The minimum atomic E-state index is -0.320. The summed E-state index contributed by atoms with van der Waals surface area (Å²) in [4.78, 5) is 0. The van der Waals surface area contributed by atoms with Gasteiger partial charge in [-0.15, -0.1) is 0 Å². The number of aromatic hydroxyl groups is 1. The number of halogens is 1. The number of phenols is 1. The summed E-state index contributed by atoms with van der Waals surface area (Å²) in [5, 5.41) is 10.1. The van der Waals surface area contributed by atoms with Crippen LogP contribution in [0.3, 0.4) is 0 Å². The molecule has 4 heteroatoms. The molecule has 0 bridgehead atoms. The van der Waals surface area contributed by atoms with Crippen molar-refractivity contribution in [3.63, 3.8) is 0 Å². The van der Waals surface area contributed by atoms with Crippen molar-refractivity contribution in [1.29, 1.82) is 0 Å². The molecule has 0 spiro atoms. The summed E-state index contributed by atoms with van der Waals surface area (Å²) in [6, 6.07) is 0. The van der Waals surface area contributed by atoms with E-state index in [0.717, 1.165) is 12.8 Å². The van der Waals surface area contributed by atoms with Crippen LogP contribution in [-0.2, 0) is 6.42 Å². The molecule has 0 aromatic heterocycles. The highest BCUT2D eigenvalue weighted by molar-refractivity contribution is 5.55. The maximum atomic E-state index is 14.0. The molecule has 17 heavy (non-hydrogen) atoms. The van der Waals surface area contributed by atoms with Crippen LogP contribution in [0.1, 0.15) is 29.5 Å². The Balaban J connectivity index is 2.53. The van der Waals surface area contributed by atoms with E-state index in [0.29, 0.717) is 23.1 Å². The van der Waals surface area contributed by atoms with Crippen molar-refractivity contribution in [2.45, 2.75) is 38.6 Å². The van der Waals surface area contributed by atoms with Crippen LogP contribution in [0, 0.1) is 19.7 Å². The lowest BCUT2D eigenvalue weighted by molar-refractivity contribution is 0.361. The molecule has 1 aliphatic carbocycles. The second-order valence-electron chi connectivity index (χ2n) is 4.96. The molecule has 0 unspecified atom stereocenters. The standard InChI is InChI=1S/C13H18FNO2/c1-7-9(6-13(15)4-5-13)11(16)12(17-3)8(2)10(7)14/h16H,4-6,15H2,1-3H3. The molecule has 0 aliphatic heterocycles. The molecule has 3 N–H and O–H groups in total. The summed E-state index contributed by atoms with van der Waals surface area (Å²) in [5.41, 5.74) is 7.14. The Kier molecular flexibility index (Phi) is 2.78.